The highest BCUT2D eigenvalue weighted by Crippen LogP contribution is 2.35. The molecule has 10 nitrogen and oxygen atoms in total. The van der Waals surface area contributed by atoms with Gasteiger partial charge < -0.3 is 24.4 Å². The zero-order chi connectivity index (χ0) is 26.4. The van der Waals surface area contributed by atoms with Crippen molar-refractivity contribution in [3.63, 3.8) is 0 Å². The highest BCUT2D eigenvalue weighted by Gasteiger charge is 2.23. The molecule has 0 aromatic carbocycles. The van der Waals surface area contributed by atoms with E-state index in [1.54, 1.807) is 0 Å². The summed E-state index contributed by atoms with van der Waals surface area (Å²) in [4.78, 5) is 52.0. The summed E-state index contributed by atoms with van der Waals surface area (Å²) in [6.45, 7) is 1.17. The molecule has 0 unspecified atom stereocenters. The molecule has 0 amide bonds. The Morgan fingerprint density at radius 1 is 0.686 bits per heavy atom. The van der Waals surface area contributed by atoms with Gasteiger partial charge in [-0.15, -0.1) is 0 Å². The minimum absolute atomic E-state index is 0.0546. The van der Waals surface area contributed by atoms with Gasteiger partial charge in [0.05, 0.1) is 6.61 Å². The van der Waals surface area contributed by atoms with Gasteiger partial charge in [0.2, 0.25) is 0 Å². The van der Waals surface area contributed by atoms with Crippen LogP contribution in [0.5, 0.6) is 0 Å². The second kappa shape index (κ2) is 21.8. The fourth-order valence-electron chi connectivity index (χ4n) is 3.47. The van der Waals surface area contributed by atoms with E-state index in [-0.39, 0.29) is 25.7 Å². The number of aliphatic carboxylic acids is 1. The van der Waals surface area contributed by atoms with Crippen LogP contribution in [0.1, 0.15) is 116 Å². The minimum Gasteiger partial charge on any atom is -0.481 e. The molecular weight excluding hydrogens is 479 g/mol. The molecular formula is C24H45O10P. The van der Waals surface area contributed by atoms with Crippen molar-refractivity contribution in [1.82, 2.24) is 0 Å². The summed E-state index contributed by atoms with van der Waals surface area (Å²) in [6.07, 6.45) is 14.1. The second-order valence-corrected chi connectivity index (χ2v) is 10.1. The zero-order valence-corrected chi connectivity index (χ0v) is 22.1. The van der Waals surface area contributed by atoms with E-state index in [1.807, 2.05) is 0 Å². The lowest BCUT2D eigenvalue weighted by Crippen LogP contribution is -2.29. The third-order valence-electron chi connectivity index (χ3n) is 5.41. The molecule has 0 bridgehead atoms. The van der Waals surface area contributed by atoms with Crippen LogP contribution in [-0.4, -0.2) is 52.1 Å². The van der Waals surface area contributed by atoms with Gasteiger partial charge in [-0.25, -0.2) is 4.57 Å². The first-order valence-electron chi connectivity index (χ1n) is 12.9. The highest BCUT2D eigenvalue weighted by atomic mass is 31.2. The summed E-state index contributed by atoms with van der Waals surface area (Å²) in [5.74, 6) is -2.31. The maximum absolute atomic E-state index is 12.0. The molecule has 35 heavy (non-hydrogen) atoms. The maximum Gasteiger partial charge on any atom is 0.469 e. The van der Waals surface area contributed by atoms with Gasteiger partial charge in [0.1, 0.15) is 6.61 Å². The molecule has 0 heterocycles. The lowest BCUT2D eigenvalue weighted by Gasteiger charge is -2.18. The summed E-state index contributed by atoms with van der Waals surface area (Å²) in [5.41, 5.74) is 0. The molecule has 0 radical (unpaired) electrons. The van der Waals surface area contributed by atoms with E-state index in [2.05, 4.69) is 11.4 Å². The van der Waals surface area contributed by atoms with Crippen LogP contribution in [0.25, 0.3) is 0 Å². The Kier molecular flexibility index (Phi) is 20.9. The molecule has 0 saturated carbocycles. The number of hydrogen-bond acceptors (Lipinski definition) is 7. The van der Waals surface area contributed by atoms with E-state index in [0.29, 0.717) is 6.42 Å². The van der Waals surface area contributed by atoms with Crippen LogP contribution >= 0.6 is 7.82 Å². The Balaban J connectivity index is 3.96. The number of ether oxygens (including phenoxy) is 2. The molecule has 1 atom stereocenters. The largest absolute Gasteiger partial charge is 0.481 e. The number of carbonyl (C=O) groups is 3. The molecule has 0 fully saturated rings. The SMILES string of the molecule is CCCCCCCCCCCCCCCC(=O)OC[C@H](COP(=O)(O)O)OC(=O)CCCC(=O)O. The minimum atomic E-state index is -4.80. The van der Waals surface area contributed by atoms with Crippen LogP contribution in [-0.2, 0) is 32.9 Å². The summed E-state index contributed by atoms with van der Waals surface area (Å²) in [5, 5.41) is 8.60. The molecule has 0 aliphatic heterocycles. The maximum atomic E-state index is 12.0. The van der Waals surface area contributed by atoms with Crippen LogP contribution in [0.4, 0.5) is 0 Å². The number of phosphoric ester groups is 1. The Bertz CT molecular complexity index is 619. The number of rotatable bonds is 24. The van der Waals surface area contributed by atoms with Crippen LogP contribution in [0, 0.1) is 0 Å². The highest BCUT2D eigenvalue weighted by molar-refractivity contribution is 7.46. The van der Waals surface area contributed by atoms with Crippen molar-refractivity contribution in [2.75, 3.05) is 13.2 Å². The van der Waals surface area contributed by atoms with Crippen molar-refractivity contribution >= 4 is 25.7 Å². The van der Waals surface area contributed by atoms with Crippen molar-refractivity contribution in [3.05, 3.63) is 0 Å². The average Bonchev–Trinajstić information content (AvgIpc) is 2.78. The van der Waals surface area contributed by atoms with Crippen molar-refractivity contribution in [2.24, 2.45) is 0 Å². The number of carbonyl (C=O) groups excluding carboxylic acids is 2. The summed E-state index contributed by atoms with van der Waals surface area (Å²) in [7, 11) is -4.80. The predicted octanol–water partition coefficient (Wildman–Crippen LogP) is 5.29. The fraction of sp³-hybridized carbons (Fsp3) is 0.875. The van der Waals surface area contributed by atoms with E-state index >= 15 is 0 Å². The number of carboxylic acid groups (broad SMARTS) is 1. The van der Waals surface area contributed by atoms with Crippen LogP contribution in [0.15, 0.2) is 0 Å². The zero-order valence-electron chi connectivity index (χ0n) is 21.2. The smallest absolute Gasteiger partial charge is 0.469 e. The standard InChI is InChI=1S/C24H45O10P/c1-2-3-4-5-6-7-8-9-10-11-12-13-14-17-23(27)32-19-21(20-33-35(29,30)31)34-24(28)18-15-16-22(25)26/h21H,2-20H2,1H3,(H,25,26)(H2,29,30,31)/t21-/m1/s1. The number of carboxylic acids is 1. The summed E-state index contributed by atoms with van der Waals surface area (Å²) < 4.78 is 25.4. The monoisotopic (exact) mass is 524 g/mol. The molecule has 0 aliphatic rings. The molecule has 11 heteroatoms. The molecule has 0 saturated heterocycles. The number of unbranched alkanes of at least 4 members (excludes halogenated alkanes) is 12. The third kappa shape index (κ3) is 25.4. The van der Waals surface area contributed by atoms with E-state index in [4.69, 9.17) is 24.4 Å². The van der Waals surface area contributed by atoms with Crippen molar-refractivity contribution < 1.29 is 47.8 Å². The molecule has 0 aliphatic carbocycles. The molecule has 0 spiro atoms. The van der Waals surface area contributed by atoms with E-state index < -0.39 is 45.0 Å². The molecule has 3 N–H and O–H groups in total. The van der Waals surface area contributed by atoms with Gasteiger partial charge in [0.15, 0.2) is 6.10 Å². The normalized spacial score (nSPS) is 12.3. The first kappa shape index (κ1) is 33.5. The van der Waals surface area contributed by atoms with Gasteiger partial charge >= 0.3 is 25.7 Å². The van der Waals surface area contributed by atoms with Crippen LogP contribution in [0.2, 0.25) is 0 Å². The van der Waals surface area contributed by atoms with Gasteiger partial charge in [0, 0.05) is 19.3 Å². The lowest BCUT2D eigenvalue weighted by molar-refractivity contribution is -0.161. The predicted molar refractivity (Wildman–Crippen MR) is 131 cm³/mol. The quantitative estimate of drug-likeness (QED) is 0.0861. The Labute approximate surface area is 209 Å². The van der Waals surface area contributed by atoms with Gasteiger partial charge in [-0.2, -0.15) is 0 Å². The fourth-order valence-corrected chi connectivity index (χ4v) is 3.83. The van der Waals surface area contributed by atoms with Crippen LogP contribution < -0.4 is 0 Å². The number of phosphoric acid groups is 1. The first-order valence-corrected chi connectivity index (χ1v) is 14.4. The molecule has 0 aromatic rings. The second-order valence-electron chi connectivity index (χ2n) is 8.82. The number of hydrogen-bond donors (Lipinski definition) is 3. The Morgan fingerprint density at radius 3 is 1.66 bits per heavy atom. The lowest BCUT2D eigenvalue weighted by atomic mass is 10.0. The van der Waals surface area contributed by atoms with Crippen LogP contribution in [0.3, 0.4) is 0 Å². The van der Waals surface area contributed by atoms with E-state index in [1.165, 1.54) is 57.8 Å². The van der Waals surface area contributed by atoms with Crippen molar-refractivity contribution in [3.8, 4) is 0 Å². The Hall–Kier alpha value is -1.48. The van der Waals surface area contributed by atoms with Gasteiger partial charge in [-0.1, -0.05) is 84.0 Å². The molecule has 206 valence electrons. The van der Waals surface area contributed by atoms with Crippen molar-refractivity contribution in [2.45, 2.75) is 122 Å². The Morgan fingerprint density at radius 2 is 1.17 bits per heavy atom. The van der Waals surface area contributed by atoms with E-state index in [0.717, 1.165) is 19.3 Å². The summed E-state index contributed by atoms with van der Waals surface area (Å²) >= 11 is 0. The molecule has 0 aromatic heterocycles. The van der Waals surface area contributed by atoms with E-state index in [9.17, 15) is 18.9 Å². The average molecular weight is 525 g/mol. The topological polar surface area (TPSA) is 157 Å². The molecule has 0 rings (SSSR count). The summed E-state index contributed by atoms with van der Waals surface area (Å²) in [6, 6.07) is 0. The van der Waals surface area contributed by atoms with Gasteiger partial charge in [0.25, 0.3) is 0 Å². The van der Waals surface area contributed by atoms with Crippen molar-refractivity contribution in [1.29, 1.82) is 0 Å². The van der Waals surface area contributed by atoms with Gasteiger partial charge in [-0.05, 0) is 12.8 Å². The third-order valence-corrected chi connectivity index (χ3v) is 5.90. The first-order chi connectivity index (χ1) is 16.6. The van der Waals surface area contributed by atoms with Gasteiger partial charge in [-0.3, -0.25) is 18.9 Å². The number of esters is 2.